The Morgan fingerprint density at radius 1 is 1.24 bits per heavy atom. The van der Waals surface area contributed by atoms with Crippen LogP contribution in [0.2, 0.25) is 0 Å². The van der Waals surface area contributed by atoms with E-state index in [1.165, 1.54) is 0 Å². The van der Waals surface area contributed by atoms with Gasteiger partial charge >= 0.3 is 6.09 Å². The van der Waals surface area contributed by atoms with E-state index in [1.807, 2.05) is 13.8 Å². The van der Waals surface area contributed by atoms with E-state index < -0.39 is 6.09 Å². The topological polar surface area (TPSA) is 64.6 Å². The van der Waals surface area contributed by atoms with Gasteiger partial charge in [-0.3, -0.25) is 10.1 Å². The van der Waals surface area contributed by atoms with Crippen molar-refractivity contribution in [2.24, 2.45) is 0 Å². The Balaban J connectivity index is 3.10. The summed E-state index contributed by atoms with van der Waals surface area (Å²) in [6, 6.07) is 3.39. The number of Topliss-reactive ketones (excluding diaryl/α,β-unsaturated/α-hetero) is 1. The van der Waals surface area contributed by atoms with Gasteiger partial charge in [-0.15, -0.1) is 0 Å². The number of hydrogen-bond acceptors (Lipinski definition) is 4. The molecule has 116 valence electrons. The number of ketones is 1. The van der Waals surface area contributed by atoms with Gasteiger partial charge in [0.25, 0.3) is 0 Å². The number of carbonyl (C=O) groups excluding carboxylic acids is 2. The van der Waals surface area contributed by atoms with Crippen LogP contribution in [0.25, 0.3) is 0 Å². The molecular weight excluding hydrogens is 270 g/mol. The summed E-state index contributed by atoms with van der Waals surface area (Å²) in [7, 11) is 0. The minimum atomic E-state index is -0.538. The Morgan fingerprint density at radius 2 is 1.90 bits per heavy atom. The normalized spacial score (nSPS) is 10.4. The summed E-state index contributed by atoms with van der Waals surface area (Å²) in [5.74, 6) is 0.551. The molecule has 1 amide bonds. The molecule has 1 aromatic carbocycles. The third kappa shape index (κ3) is 4.77. The summed E-state index contributed by atoms with van der Waals surface area (Å²) in [4.78, 5) is 23.7. The number of hydrogen-bond donors (Lipinski definition) is 1. The van der Waals surface area contributed by atoms with Crippen LogP contribution < -0.4 is 10.1 Å². The highest BCUT2D eigenvalue weighted by Gasteiger charge is 2.16. The minimum Gasteiger partial charge on any atom is -0.493 e. The molecule has 0 fully saturated rings. The van der Waals surface area contributed by atoms with Crippen molar-refractivity contribution in [3.63, 3.8) is 0 Å². The molecule has 0 bridgehead atoms. The molecule has 0 atom stereocenters. The Kier molecular flexibility index (Phi) is 6.21. The zero-order valence-corrected chi connectivity index (χ0v) is 13.3. The molecule has 0 aliphatic heterocycles. The molecule has 1 rings (SSSR count). The van der Waals surface area contributed by atoms with Crippen molar-refractivity contribution in [1.29, 1.82) is 0 Å². The molecule has 5 heteroatoms. The van der Waals surface area contributed by atoms with Gasteiger partial charge in [-0.05, 0) is 45.4 Å². The van der Waals surface area contributed by atoms with Gasteiger partial charge in [0.05, 0.1) is 18.3 Å². The van der Waals surface area contributed by atoms with Crippen molar-refractivity contribution in [3.05, 3.63) is 23.3 Å². The molecule has 0 saturated carbocycles. The number of rotatable bonds is 6. The van der Waals surface area contributed by atoms with E-state index in [4.69, 9.17) is 9.47 Å². The fraction of sp³-hybridized carbons (Fsp3) is 0.500. The third-order valence-electron chi connectivity index (χ3n) is 2.77. The van der Waals surface area contributed by atoms with Gasteiger partial charge < -0.3 is 9.47 Å². The van der Waals surface area contributed by atoms with Crippen LogP contribution >= 0.6 is 0 Å². The van der Waals surface area contributed by atoms with E-state index in [1.54, 1.807) is 32.9 Å². The number of amides is 1. The van der Waals surface area contributed by atoms with Crippen LogP contribution in [0.4, 0.5) is 10.5 Å². The largest absolute Gasteiger partial charge is 0.493 e. The monoisotopic (exact) mass is 293 g/mol. The quantitative estimate of drug-likeness (QED) is 0.807. The molecule has 1 aromatic rings. The third-order valence-corrected chi connectivity index (χ3v) is 2.77. The second kappa shape index (κ2) is 7.67. The van der Waals surface area contributed by atoms with Gasteiger partial charge in [0.1, 0.15) is 5.75 Å². The lowest BCUT2D eigenvalue weighted by molar-refractivity contribution is 0.0984. The molecule has 0 aliphatic carbocycles. The van der Waals surface area contributed by atoms with Gasteiger partial charge in [0.2, 0.25) is 0 Å². The summed E-state index contributed by atoms with van der Waals surface area (Å²) in [6.07, 6.45) is -0.367. The van der Waals surface area contributed by atoms with E-state index in [9.17, 15) is 9.59 Å². The lowest BCUT2D eigenvalue weighted by atomic mass is 10.0. The smallest absolute Gasteiger partial charge is 0.411 e. The predicted octanol–water partition coefficient (Wildman–Crippen LogP) is 3.94. The molecule has 5 nitrogen and oxygen atoms in total. The van der Waals surface area contributed by atoms with Crippen LogP contribution in [0.1, 0.15) is 50.0 Å². The molecule has 0 spiro atoms. The van der Waals surface area contributed by atoms with Crippen LogP contribution in [-0.2, 0) is 4.74 Å². The maximum absolute atomic E-state index is 12.1. The summed E-state index contributed by atoms with van der Waals surface area (Å²) in [5, 5.41) is 2.63. The van der Waals surface area contributed by atoms with E-state index in [2.05, 4.69) is 5.32 Å². The summed E-state index contributed by atoms with van der Waals surface area (Å²) in [5.41, 5.74) is 1.81. The fourth-order valence-corrected chi connectivity index (χ4v) is 1.94. The van der Waals surface area contributed by atoms with Crippen molar-refractivity contribution in [2.45, 2.75) is 47.1 Å². The number of ether oxygens (including phenoxy) is 2. The second-order valence-corrected chi connectivity index (χ2v) is 4.96. The Bertz CT molecular complexity index is 523. The maximum Gasteiger partial charge on any atom is 0.411 e. The van der Waals surface area contributed by atoms with Gasteiger partial charge in [-0.2, -0.15) is 0 Å². The van der Waals surface area contributed by atoms with Crippen LogP contribution in [0.5, 0.6) is 5.75 Å². The lowest BCUT2D eigenvalue weighted by Gasteiger charge is -2.15. The van der Waals surface area contributed by atoms with Crippen molar-refractivity contribution in [3.8, 4) is 5.75 Å². The molecule has 0 aromatic heterocycles. The maximum atomic E-state index is 12.1. The number of carbonyl (C=O) groups is 2. The first-order valence-electron chi connectivity index (χ1n) is 7.17. The number of anilines is 1. The zero-order chi connectivity index (χ0) is 16.0. The predicted molar refractivity (Wildman–Crippen MR) is 82.2 cm³/mol. The van der Waals surface area contributed by atoms with E-state index in [0.717, 1.165) is 5.56 Å². The Morgan fingerprint density at radius 3 is 2.43 bits per heavy atom. The first-order valence-corrected chi connectivity index (χ1v) is 7.17. The van der Waals surface area contributed by atoms with Crippen molar-refractivity contribution >= 4 is 17.6 Å². The number of aryl methyl sites for hydroxylation is 1. The van der Waals surface area contributed by atoms with Crippen LogP contribution in [0, 0.1) is 6.92 Å². The number of nitrogens with one attached hydrogen (secondary N) is 1. The molecule has 0 saturated heterocycles. The van der Waals surface area contributed by atoms with Crippen molar-refractivity contribution in [1.82, 2.24) is 0 Å². The molecule has 0 radical (unpaired) electrons. The summed E-state index contributed by atoms with van der Waals surface area (Å²) >= 11 is 0. The zero-order valence-electron chi connectivity index (χ0n) is 13.3. The van der Waals surface area contributed by atoms with Gasteiger partial charge in [0.15, 0.2) is 5.78 Å². The van der Waals surface area contributed by atoms with Gasteiger partial charge in [-0.25, -0.2) is 4.79 Å². The van der Waals surface area contributed by atoms with Crippen LogP contribution in [0.3, 0.4) is 0 Å². The standard InChI is InChI=1S/C16H23NO4/c1-6-14(18)13-9-12(17-16(19)21-10(3)4)8-11(5)15(13)20-7-2/h8-10H,6-7H2,1-5H3,(H,17,19). The first-order chi connectivity index (χ1) is 9.88. The molecule has 0 heterocycles. The van der Waals surface area contributed by atoms with E-state index >= 15 is 0 Å². The summed E-state index contributed by atoms with van der Waals surface area (Å²) in [6.45, 7) is 9.53. The number of benzene rings is 1. The second-order valence-electron chi connectivity index (χ2n) is 4.96. The highest BCUT2D eigenvalue weighted by atomic mass is 16.6. The van der Waals surface area contributed by atoms with Crippen LogP contribution in [-0.4, -0.2) is 24.6 Å². The average Bonchev–Trinajstić information content (AvgIpc) is 2.39. The van der Waals surface area contributed by atoms with Crippen molar-refractivity contribution < 1.29 is 19.1 Å². The lowest BCUT2D eigenvalue weighted by Crippen LogP contribution is -2.18. The average molecular weight is 293 g/mol. The van der Waals surface area contributed by atoms with E-state index in [-0.39, 0.29) is 11.9 Å². The Hall–Kier alpha value is -2.04. The Labute approximate surface area is 125 Å². The summed E-state index contributed by atoms with van der Waals surface area (Å²) < 4.78 is 10.6. The molecule has 1 N–H and O–H groups in total. The molecule has 0 aliphatic rings. The fourth-order valence-electron chi connectivity index (χ4n) is 1.94. The van der Waals surface area contributed by atoms with Crippen LogP contribution in [0.15, 0.2) is 12.1 Å². The van der Waals surface area contributed by atoms with Gasteiger partial charge in [-0.1, -0.05) is 6.92 Å². The molecular formula is C16H23NO4. The highest BCUT2D eigenvalue weighted by molar-refractivity contribution is 6.00. The SMILES string of the molecule is CCOc1c(C)cc(NC(=O)OC(C)C)cc1C(=O)CC. The molecule has 0 unspecified atom stereocenters. The van der Waals surface area contributed by atoms with Crippen molar-refractivity contribution in [2.75, 3.05) is 11.9 Å². The highest BCUT2D eigenvalue weighted by Crippen LogP contribution is 2.29. The molecule has 21 heavy (non-hydrogen) atoms. The minimum absolute atomic E-state index is 0.0255. The first kappa shape index (κ1) is 17.0. The van der Waals surface area contributed by atoms with E-state index in [0.29, 0.717) is 30.0 Å². The van der Waals surface area contributed by atoms with Gasteiger partial charge in [0, 0.05) is 12.1 Å².